The molecule has 4 nitrogen and oxygen atoms in total. The SMILES string of the molecule is CCN(CC(=O)O)C1CCN(Cc2ccccc2Cl)CC1. The molecule has 116 valence electrons. The van der Waals surface area contributed by atoms with Crippen LogP contribution in [0.2, 0.25) is 5.02 Å². The molecular weight excluding hydrogens is 288 g/mol. The van der Waals surface area contributed by atoms with Crippen molar-refractivity contribution in [2.45, 2.75) is 32.4 Å². The number of likely N-dealkylation sites (tertiary alicyclic amines) is 1. The van der Waals surface area contributed by atoms with Gasteiger partial charge in [-0.2, -0.15) is 0 Å². The lowest BCUT2D eigenvalue weighted by Crippen LogP contribution is -2.46. The summed E-state index contributed by atoms with van der Waals surface area (Å²) in [5.41, 5.74) is 1.16. The molecule has 0 spiro atoms. The summed E-state index contributed by atoms with van der Waals surface area (Å²) >= 11 is 6.20. The van der Waals surface area contributed by atoms with E-state index in [0.29, 0.717) is 6.04 Å². The first-order chi connectivity index (χ1) is 10.1. The maximum Gasteiger partial charge on any atom is 0.317 e. The Morgan fingerprint density at radius 1 is 1.38 bits per heavy atom. The fourth-order valence-corrected chi connectivity index (χ4v) is 3.18. The maximum absolute atomic E-state index is 10.9. The number of aliphatic carboxylic acids is 1. The van der Waals surface area contributed by atoms with E-state index >= 15 is 0 Å². The number of carboxylic acid groups (broad SMARTS) is 1. The molecule has 0 saturated carbocycles. The summed E-state index contributed by atoms with van der Waals surface area (Å²) in [5, 5.41) is 9.78. The van der Waals surface area contributed by atoms with Crippen molar-refractivity contribution in [1.29, 1.82) is 0 Å². The smallest absolute Gasteiger partial charge is 0.317 e. The van der Waals surface area contributed by atoms with E-state index in [1.807, 2.05) is 25.1 Å². The van der Waals surface area contributed by atoms with Gasteiger partial charge in [-0.25, -0.2) is 0 Å². The van der Waals surface area contributed by atoms with Crippen molar-refractivity contribution in [2.24, 2.45) is 0 Å². The van der Waals surface area contributed by atoms with Gasteiger partial charge < -0.3 is 5.11 Å². The Hall–Kier alpha value is -1.10. The number of halogens is 1. The number of nitrogens with zero attached hydrogens (tertiary/aromatic N) is 2. The van der Waals surface area contributed by atoms with Crippen LogP contribution < -0.4 is 0 Å². The summed E-state index contributed by atoms with van der Waals surface area (Å²) in [6.07, 6.45) is 2.04. The summed E-state index contributed by atoms with van der Waals surface area (Å²) < 4.78 is 0. The molecule has 1 aromatic rings. The lowest BCUT2D eigenvalue weighted by atomic mass is 10.0. The minimum atomic E-state index is -0.740. The van der Waals surface area contributed by atoms with Gasteiger partial charge in [0, 0.05) is 17.6 Å². The molecule has 1 N–H and O–H groups in total. The Morgan fingerprint density at radius 2 is 2.05 bits per heavy atom. The summed E-state index contributed by atoms with van der Waals surface area (Å²) in [5.74, 6) is -0.740. The molecule has 1 saturated heterocycles. The molecule has 5 heteroatoms. The molecule has 0 radical (unpaired) electrons. The third kappa shape index (κ3) is 4.70. The Kier molecular flexibility index (Phi) is 6.03. The van der Waals surface area contributed by atoms with Crippen molar-refractivity contribution in [3.63, 3.8) is 0 Å². The summed E-state index contributed by atoms with van der Waals surface area (Å²) in [6, 6.07) is 8.34. The van der Waals surface area contributed by atoms with Gasteiger partial charge in [0.25, 0.3) is 0 Å². The highest BCUT2D eigenvalue weighted by Crippen LogP contribution is 2.21. The molecule has 0 bridgehead atoms. The monoisotopic (exact) mass is 310 g/mol. The lowest BCUT2D eigenvalue weighted by Gasteiger charge is -2.37. The second kappa shape index (κ2) is 7.78. The molecule has 0 aliphatic carbocycles. The largest absolute Gasteiger partial charge is 0.480 e. The topological polar surface area (TPSA) is 43.8 Å². The van der Waals surface area contributed by atoms with Crippen LogP contribution in [0.25, 0.3) is 0 Å². The summed E-state index contributed by atoms with van der Waals surface area (Å²) in [4.78, 5) is 15.3. The van der Waals surface area contributed by atoms with Crippen LogP contribution in [0, 0.1) is 0 Å². The maximum atomic E-state index is 10.9. The van der Waals surface area contributed by atoms with Crippen molar-refractivity contribution in [2.75, 3.05) is 26.2 Å². The van der Waals surface area contributed by atoms with Crippen LogP contribution in [-0.2, 0) is 11.3 Å². The number of hydrogen-bond donors (Lipinski definition) is 1. The van der Waals surface area contributed by atoms with Gasteiger partial charge in [-0.15, -0.1) is 0 Å². The second-order valence-electron chi connectivity index (χ2n) is 5.56. The first-order valence-corrected chi connectivity index (χ1v) is 7.89. The van der Waals surface area contributed by atoms with Crippen molar-refractivity contribution < 1.29 is 9.90 Å². The van der Waals surface area contributed by atoms with Crippen molar-refractivity contribution >= 4 is 17.6 Å². The minimum absolute atomic E-state index is 0.145. The highest BCUT2D eigenvalue weighted by Gasteiger charge is 2.25. The van der Waals surface area contributed by atoms with Crippen LogP contribution in [0.15, 0.2) is 24.3 Å². The van der Waals surface area contributed by atoms with Crippen LogP contribution in [0.1, 0.15) is 25.3 Å². The van der Waals surface area contributed by atoms with Gasteiger partial charge in [0.2, 0.25) is 0 Å². The van der Waals surface area contributed by atoms with Crippen LogP contribution in [-0.4, -0.2) is 53.1 Å². The van der Waals surface area contributed by atoms with Crippen molar-refractivity contribution in [3.8, 4) is 0 Å². The molecule has 0 atom stereocenters. The molecule has 0 unspecified atom stereocenters. The molecule has 0 aromatic heterocycles. The molecule has 2 rings (SSSR count). The first kappa shape index (κ1) is 16.3. The molecular formula is C16H23ClN2O2. The zero-order valence-electron chi connectivity index (χ0n) is 12.5. The normalized spacial score (nSPS) is 17.3. The van der Waals surface area contributed by atoms with Gasteiger partial charge >= 0.3 is 5.97 Å². The Balaban J connectivity index is 1.85. The Labute approximate surface area is 131 Å². The molecule has 1 fully saturated rings. The Bertz CT molecular complexity index is 473. The van der Waals surface area contributed by atoms with E-state index in [1.165, 1.54) is 0 Å². The number of carbonyl (C=O) groups is 1. The number of piperidine rings is 1. The molecule has 1 aliphatic heterocycles. The average molecular weight is 311 g/mol. The van der Waals surface area contributed by atoms with Crippen LogP contribution in [0.3, 0.4) is 0 Å². The third-order valence-corrected chi connectivity index (χ3v) is 4.54. The predicted octanol–water partition coefficient (Wildman–Crippen LogP) is 2.71. The zero-order valence-corrected chi connectivity index (χ0v) is 13.2. The summed E-state index contributed by atoms with van der Waals surface area (Å²) in [6.45, 7) is 5.82. The van der Waals surface area contributed by atoms with Gasteiger partial charge in [-0.1, -0.05) is 36.7 Å². The Morgan fingerprint density at radius 3 is 2.62 bits per heavy atom. The van der Waals surface area contributed by atoms with E-state index in [0.717, 1.165) is 49.6 Å². The van der Waals surface area contributed by atoms with Gasteiger partial charge in [0.1, 0.15) is 0 Å². The minimum Gasteiger partial charge on any atom is -0.480 e. The van der Waals surface area contributed by atoms with Crippen molar-refractivity contribution in [1.82, 2.24) is 9.80 Å². The molecule has 1 heterocycles. The van der Waals surface area contributed by atoms with E-state index < -0.39 is 5.97 Å². The quantitative estimate of drug-likeness (QED) is 0.877. The first-order valence-electron chi connectivity index (χ1n) is 7.51. The standard InChI is InChI=1S/C16H23ClN2O2/c1-2-19(12-16(20)21)14-7-9-18(10-8-14)11-13-5-3-4-6-15(13)17/h3-6,14H,2,7-12H2,1H3,(H,20,21). The highest BCUT2D eigenvalue weighted by atomic mass is 35.5. The van der Waals surface area contributed by atoms with Gasteiger partial charge in [0.05, 0.1) is 6.54 Å². The zero-order chi connectivity index (χ0) is 15.2. The fraction of sp³-hybridized carbons (Fsp3) is 0.562. The number of carboxylic acids is 1. The van der Waals surface area contributed by atoms with E-state index in [9.17, 15) is 4.79 Å². The number of benzene rings is 1. The van der Waals surface area contributed by atoms with E-state index in [4.69, 9.17) is 16.7 Å². The fourth-order valence-electron chi connectivity index (χ4n) is 2.98. The predicted molar refractivity (Wildman–Crippen MR) is 84.6 cm³/mol. The number of rotatable bonds is 6. The van der Waals surface area contributed by atoms with Crippen LogP contribution in [0.5, 0.6) is 0 Å². The van der Waals surface area contributed by atoms with Crippen LogP contribution in [0.4, 0.5) is 0 Å². The lowest BCUT2D eigenvalue weighted by molar-refractivity contribution is -0.139. The van der Waals surface area contributed by atoms with Gasteiger partial charge in [-0.05, 0) is 44.1 Å². The number of hydrogen-bond acceptors (Lipinski definition) is 3. The van der Waals surface area contributed by atoms with Crippen molar-refractivity contribution in [3.05, 3.63) is 34.9 Å². The van der Waals surface area contributed by atoms with E-state index in [1.54, 1.807) is 0 Å². The van der Waals surface area contributed by atoms with Crippen LogP contribution >= 0.6 is 11.6 Å². The highest BCUT2D eigenvalue weighted by molar-refractivity contribution is 6.31. The average Bonchev–Trinajstić information content (AvgIpc) is 2.48. The van der Waals surface area contributed by atoms with Gasteiger partial charge in [0.15, 0.2) is 0 Å². The molecule has 1 aliphatic rings. The summed E-state index contributed by atoms with van der Waals surface area (Å²) in [7, 11) is 0. The van der Waals surface area contributed by atoms with Gasteiger partial charge in [-0.3, -0.25) is 14.6 Å². The molecule has 1 aromatic carbocycles. The third-order valence-electron chi connectivity index (χ3n) is 4.17. The number of likely N-dealkylation sites (N-methyl/N-ethyl adjacent to an activating group) is 1. The molecule has 21 heavy (non-hydrogen) atoms. The van der Waals surface area contributed by atoms with E-state index in [-0.39, 0.29) is 6.54 Å². The molecule has 0 amide bonds. The van der Waals surface area contributed by atoms with E-state index in [2.05, 4.69) is 15.9 Å². The second-order valence-corrected chi connectivity index (χ2v) is 5.96.